The van der Waals surface area contributed by atoms with E-state index >= 15 is 0 Å². The van der Waals surface area contributed by atoms with Gasteiger partial charge in [-0.2, -0.15) is 0 Å². The minimum Gasteiger partial charge on any atom is -0.309 e. The Morgan fingerprint density at radius 2 is 0.569 bits per heavy atom. The summed E-state index contributed by atoms with van der Waals surface area (Å²) in [7, 11) is 0. The monoisotopic (exact) mass is 1410 g/mol. The molecule has 530 valence electrons. The molecule has 5 aromatic heterocycles. The normalized spacial score (nSPS) is 12.4. The van der Waals surface area contributed by atoms with Gasteiger partial charge in [0.05, 0.1) is 38.8 Å². The van der Waals surface area contributed by atoms with Crippen molar-refractivity contribution in [3.63, 3.8) is 0 Å². The van der Waals surface area contributed by atoms with E-state index < -0.39 is 0 Å². The number of nitrogens with zero attached hydrogens (tertiary/aromatic N) is 9. The molecule has 0 amide bonds. The van der Waals surface area contributed by atoms with E-state index in [9.17, 15) is 0 Å². The van der Waals surface area contributed by atoms with Gasteiger partial charge in [0.1, 0.15) is 0 Å². The Bertz CT molecular complexity index is 6400. The van der Waals surface area contributed by atoms with Crippen LogP contribution in [0.1, 0.15) is 104 Å². The van der Waals surface area contributed by atoms with Gasteiger partial charge < -0.3 is 13.7 Å². The standard InChI is InChI=1S/C100H85N9/c1-97(2,3)69-43-51-86-80(56-69)83-59-72(100(10,11)62-63-29-28-38-68(55-63)94-102-93(67-36-22-15-23-37-67)103-95(106-94)77-49-47-73(60-79(77)64-30-16-12-17-31-64)107-84-41-26-24-39-75(84)76-40-25-27-42-85(76)107)46-54-87(83)108(86)74-48-50-78(96-104-91(65-32-18-13-19-33-65)101-92(105-96)66-34-20-14-21-35-66)90(61-74)109-88-52-44-70(98(4,5)6)57-81(88)82-58-71(99(7,8)9)45-53-89(82)109/h12-61H,62H2,1-11H3. The fraction of sp³-hybridized carbons (Fsp3) is 0.160. The molecule has 9 heteroatoms. The number of aromatic nitrogens is 9. The van der Waals surface area contributed by atoms with Crippen molar-refractivity contribution in [1.29, 1.82) is 0 Å². The van der Waals surface area contributed by atoms with Crippen LogP contribution in [0.5, 0.6) is 0 Å². The molecule has 0 spiro atoms. The number of hydrogen-bond acceptors (Lipinski definition) is 6. The van der Waals surface area contributed by atoms with Crippen molar-refractivity contribution in [2.75, 3.05) is 0 Å². The van der Waals surface area contributed by atoms with E-state index in [1.807, 2.05) is 54.6 Å². The topological polar surface area (TPSA) is 92.1 Å². The summed E-state index contributed by atoms with van der Waals surface area (Å²) >= 11 is 0. The van der Waals surface area contributed by atoms with Gasteiger partial charge in [-0.25, -0.2) is 29.9 Å². The first-order chi connectivity index (χ1) is 52.6. The summed E-state index contributed by atoms with van der Waals surface area (Å²) in [5.41, 5.74) is 23.0. The van der Waals surface area contributed by atoms with Crippen molar-refractivity contribution < 1.29 is 0 Å². The third kappa shape index (κ3) is 12.4. The van der Waals surface area contributed by atoms with Gasteiger partial charge in [-0.15, -0.1) is 0 Å². The predicted octanol–water partition coefficient (Wildman–Crippen LogP) is 25.4. The largest absolute Gasteiger partial charge is 0.309 e. The Kier molecular flexibility index (Phi) is 16.5. The predicted molar refractivity (Wildman–Crippen MR) is 454 cm³/mol. The van der Waals surface area contributed by atoms with Crippen molar-refractivity contribution in [3.8, 4) is 96.5 Å². The zero-order chi connectivity index (χ0) is 74.7. The molecule has 13 aromatic carbocycles. The molecule has 0 bridgehead atoms. The molecule has 0 atom stereocenters. The fourth-order valence-corrected chi connectivity index (χ4v) is 16.1. The summed E-state index contributed by atoms with van der Waals surface area (Å²) < 4.78 is 7.31. The van der Waals surface area contributed by atoms with Gasteiger partial charge in [0, 0.05) is 77.1 Å². The smallest absolute Gasteiger partial charge is 0.166 e. The highest BCUT2D eigenvalue weighted by molar-refractivity contribution is 6.13. The van der Waals surface area contributed by atoms with Crippen molar-refractivity contribution in [2.45, 2.75) is 104 Å². The second kappa shape index (κ2) is 26.3. The van der Waals surface area contributed by atoms with Gasteiger partial charge in [-0.05, 0) is 170 Å². The SMILES string of the molecule is CC(C)(C)c1ccc2c(c1)c1cc(C(C)(C)Cc3cccc(-c4nc(-c5ccccc5)nc(-c5ccc(-n6c7ccccc7c7ccccc76)cc5-c5ccccc5)n4)c3)ccc1n2-c1ccc(-c2nc(-c3ccccc3)nc(-c3ccccc3)n2)c(-n2c3ccc(C(C)(C)C)cc3c3cc(C(C)(C)C)ccc32)c1. The maximum absolute atomic E-state index is 5.47. The summed E-state index contributed by atoms with van der Waals surface area (Å²) in [5.74, 6) is 3.62. The van der Waals surface area contributed by atoms with Crippen LogP contribution in [0.25, 0.3) is 162 Å². The van der Waals surface area contributed by atoms with Crippen LogP contribution in [0, 0.1) is 0 Å². The second-order valence-corrected chi connectivity index (χ2v) is 33.0. The molecule has 0 unspecified atom stereocenters. The molecule has 18 rings (SSSR count). The zero-order valence-corrected chi connectivity index (χ0v) is 63.6. The molecule has 0 saturated heterocycles. The zero-order valence-electron chi connectivity index (χ0n) is 63.6. The van der Waals surface area contributed by atoms with E-state index in [-0.39, 0.29) is 21.7 Å². The first-order valence-electron chi connectivity index (χ1n) is 37.9. The first-order valence-corrected chi connectivity index (χ1v) is 37.9. The van der Waals surface area contributed by atoms with Gasteiger partial charge in [0.25, 0.3) is 0 Å². The second-order valence-electron chi connectivity index (χ2n) is 33.0. The highest BCUT2D eigenvalue weighted by Gasteiger charge is 2.29. The van der Waals surface area contributed by atoms with Gasteiger partial charge >= 0.3 is 0 Å². The van der Waals surface area contributed by atoms with Crippen LogP contribution in [0.3, 0.4) is 0 Å². The van der Waals surface area contributed by atoms with Gasteiger partial charge in [0.2, 0.25) is 0 Å². The molecule has 0 saturated carbocycles. The Hall–Kier alpha value is -12.7. The average Bonchev–Trinajstić information content (AvgIpc) is 1.59. The molecule has 0 radical (unpaired) electrons. The lowest BCUT2D eigenvalue weighted by Gasteiger charge is -2.26. The summed E-state index contributed by atoms with van der Waals surface area (Å²) in [4.78, 5) is 32.2. The van der Waals surface area contributed by atoms with Crippen LogP contribution >= 0.6 is 0 Å². The average molecular weight is 1410 g/mol. The van der Waals surface area contributed by atoms with Crippen LogP contribution in [0.15, 0.2) is 303 Å². The van der Waals surface area contributed by atoms with Crippen LogP contribution in [-0.2, 0) is 28.1 Å². The minimum atomic E-state index is -0.335. The molecule has 0 aliphatic rings. The van der Waals surface area contributed by atoms with Crippen LogP contribution < -0.4 is 0 Å². The molecule has 109 heavy (non-hydrogen) atoms. The van der Waals surface area contributed by atoms with Crippen molar-refractivity contribution in [3.05, 3.63) is 331 Å². The molecule has 0 aliphatic heterocycles. The van der Waals surface area contributed by atoms with E-state index in [1.165, 1.54) is 60.1 Å². The molecule has 9 nitrogen and oxygen atoms in total. The Labute approximate surface area is 637 Å². The maximum atomic E-state index is 5.47. The van der Waals surface area contributed by atoms with E-state index in [1.54, 1.807) is 0 Å². The van der Waals surface area contributed by atoms with Gasteiger partial charge in [-0.3, -0.25) is 0 Å². The van der Waals surface area contributed by atoms with E-state index in [2.05, 4.69) is 339 Å². The van der Waals surface area contributed by atoms with Crippen LogP contribution in [0.4, 0.5) is 0 Å². The Morgan fingerprint density at radius 1 is 0.229 bits per heavy atom. The van der Waals surface area contributed by atoms with Crippen LogP contribution in [-0.4, -0.2) is 43.6 Å². The van der Waals surface area contributed by atoms with Crippen molar-refractivity contribution in [2.24, 2.45) is 0 Å². The molecular weight excluding hydrogens is 1330 g/mol. The molecule has 0 fully saturated rings. The lowest BCUT2D eigenvalue weighted by molar-refractivity contribution is 0.523. The summed E-state index contributed by atoms with van der Waals surface area (Å²) in [6.07, 6.45) is 0.747. The molecule has 0 aliphatic carbocycles. The number of benzene rings is 13. The lowest BCUT2D eigenvalue weighted by Crippen LogP contribution is -2.20. The molecule has 18 aromatic rings. The quantitative estimate of drug-likeness (QED) is 0.114. The number of fused-ring (bicyclic) bond motifs is 9. The molecular formula is C100H85N9. The first kappa shape index (κ1) is 68.1. The maximum Gasteiger partial charge on any atom is 0.166 e. The van der Waals surface area contributed by atoms with Gasteiger partial charge in [-0.1, -0.05) is 276 Å². The van der Waals surface area contributed by atoms with E-state index in [0.717, 1.165) is 101 Å². The van der Waals surface area contributed by atoms with Crippen LogP contribution in [0.2, 0.25) is 0 Å². The third-order valence-electron chi connectivity index (χ3n) is 22.0. The Morgan fingerprint density at radius 3 is 1.02 bits per heavy atom. The summed E-state index contributed by atoms with van der Waals surface area (Å²) in [6.45, 7) is 25.5. The minimum absolute atomic E-state index is 0.0813. The van der Waals surface area contributed by atoms with Crippen molar-refractivity contribution in [1.82, 2.24) is 43.6 Å². The van der Waals surface area contributed by atoms with E-state index in [4.69, 9.17) is 29.9 Å². The summed E-state index contributed by atoms with van der Waals surface area (Å²) in [5, 5.41) is 7.22. The molecule has 5 heterocycles. The lowest BCUT2D eigenvalue weighted by atomic mass is 9.78. The number of hydrogen-bond donors (Lipinski definition) is 0. The number of rotatable bonds is 13. The summed E-state index contributed by atoms with van der Waals surface area (Å²) in [6, 6.07) is 110. The Balaban J connectivity index is 0.775. The third-order valence-corrected chi connectivity index (χ3v) is 22.0. The van der Waals surface area contributed by atoms with E-state index in [0.29, 0.717) is 34.9 Å². The highest BCUT2D eigenvalue weighted by Crippen LogP contribution is 2.45. The van der Waals surface area contributed by atoms with Crippen molar-refractivity contribution >= 4 is 65.4 Å². The number of para-hydroxylation sites is 2. The van der Waals surface area contributed by atoms with Gasteiger partial charge in [0.15, 0.2) is 34.9 Å². The highest BCUT2D eigenvalue weighted by atomic mass is 15.1. The fourth-order valence-electron chi connectivity index (χ4n) is 16.1. The molecule has 0 N–H and O–H groups in total.